The van der Waals surface area contributed by atoms with Crippen LogP contribution in [0.15, 0.2) is 42.5 Å². The minimum Gasteiger partial charge on any atom is -0.381 e. The van der Waals surface area contributed by atoms with Gasteiger partial charge in [0, 0.05) is 12.2 Å². The van der Waals surface area contributed by atoms with Crippen molar-refractivity contribution in [1.82, 2.24) is 0 Å². The molecule has 2 rings (SSSR count). The molecule has 0 unspecified atom stereocenters. The Morgan fingerprint density at radius 2 is 1.79 bits per heavy atom. The Balaban J connectivity index is 2.02. The van der Waals surface area contributed by atoms with Crippen LogP contribution in [0.25, 0.3) is 0 Å². The van der Waals surface area contributed by atoms with E-state index < -0.39 is 0 Å². The largest absolute Gasteiger partial charge is 0.381 e. The fraction of sp³-hybridized carbons (Fsp3) is 0.188. The molecule has 0 saturated heterocycles. The Morgan fingerprint density at radius 3 is 2.37 bits per heavy atom. The summed E-state index contributed by atoms with van der Waals surface area (Å²) in [7, 11) is 0. The van der Waals surface area contributed by atoms with Crippen molar-refractivity contribution in [3.63, 3.8) is 0 Å². The number of hydrogen-bond donors (Lipinski definition) is 1. The lowest BCUT2D eigenvalue weighted by Crippen LogP contribution is -1.99. The third-order valence-electron chi connectivity index (χ3n) is 3.02. The molecule has 0 fully saturated rings. The molecule has 0 aliphatic rings. The maximum Gasteiger partial charge on any atom is 0.101 e. The highest BCUT2D eigenvalue weighted by atomic mass is 35.5. The fourth-order valence-electron chi connectivity index (χ4n) is 1.81. The zero-order chi connectivity index (χ0) is 13.7. The average molecular weight is 271 g/mol. The molecule has 2 nitrogen and oxygen atoms in total. The highest BCUT2D eigenvalue weighted by Gasteiger charge is 2.01. The number of nitrogens with one attached hydrogen (secondary N) is 1. The van der Waals surface area contributed by atoms with Crippen LogP contribution in [0.4, 0.5) is 5.69 Å². The van der Waals surface area contributed by atoms with Crippen molar-refractivity contribution in [3.8, 4) is 6.07 Å². The van der Waals surface area contributed by atoms with E-state index in [-0.39, 0.29) is 0 Å². The number of aryl methyl sites for hydroxylation is 1. The minimum absolute atomic E-state index is 0.480. The van der Waals surface area contributed by atoms with Gasteiger partial charge in [0.1, 0.15) is 6.07 Å². The fourth-order valence-corrected chi connectivity index (χ4v) is 2.04. The summed E-state index contributed by atoms with van der Waals surface area (Å²) < 4.78 is 0. The van der Waals surface area contributed by atoms with E-state index in [2.05, 4.69) is 36.5 Å². The summed E-state index contributed by atoms with van der Waals surface area (Å²) in [6, 6.07) is 15.9. The van der Waals surface area contributed by atoms with Gasteiger partial charge in [-0.1, -0.05) is 42.8 Å². The first kappa shape index (κ1) is 13.5. The lowest BCUT2D eigenvalue weighted by Gasteiger charge is -2.08. The molecule has 0 heterocycles. The van der Waals surface area contributed by atoms with Crippen molar-refractivity contribution in [2.24, 2.45) is 0 Å². The predicted octanol–water partition coefficient (Wildman–Crippen LogP) is 4.39. The van der Waals surface area contributed by atoms with Crippen LogP contribution in [-0.2, 0) is 13.0 Å². The molecule has 96 valence electrons. The maximum atomic E-state index is 8.81. The van der Waals surface area contributed by atoms with Gasteiger partial charge in [0.15, 0.2) is 0 Å². The van der Waals surface area contributed by atoms with E-state index in [0.29, 0.717) is 10.6 Å². The number of nitriles is 1. The Kier molecular flexibility index (Phi) is 4.43. The van der Waals surface area contributed by atoms with Gasteiger partial charge >= 0.3 is 0 Å². The maximum absolute atomic E-state index is 8.81. The Hall–Kier alpha value is -1.98. The molecule has 0 aliphatic carbocycles. The van der Waals surface area contributed by atoms with E-state index in [0.717, 1.165) is 18.7 Å². The molecular formula is C16H15ClN2. The number of benzene rings is 2. The van der Waals surface area contributed by atoms with Crippen LogP contribution in [0, 0.1) is 11.3 Å². The number of anilines is 1. The van der Waals surface area contributed by atoms with Crippen LogP contribution in [0.5, 0.6) is 0 Å². The molecule has 0 amide bonds. The summed E-state index contributed by atoms with van der Waals surface area (Å²) in [6.07, 6.45) is 1.05. The van der Waals surface area contributed by atoms with Crippen molar-refractivity contribution in [2.75, 3.05) is 5.32 Å². The predicted molar refractivity (Wildman–Crippen MR) is 79.3 cm³/mol. The van der Waals surface area contributed by atoms with E-state index >= 15 is 0 Å². The normalized spacial score (nSPS) is 9.95. The van der Waals surface area contributed by atoms with Crippen LogP contribution in [-0.4, -0.2) is 0 Å². The first-order valence-corrected chi connectivity index (χ1v) is 6.62. The smallest absolute Gasteiger partial charge is 0.101 e. The second-order valence-corrected chi connectivity index (χ2v) is 4.74. The van der Waals surface area contributed by atoms with Gasteiger partial charge in [0.05, 0.1) is 10.6 Å². The van der Waals surface area contributed by atoms with Gasteiger partial charge in [-0.05, 0) is 35.7 Å². The zero-order valence-electron chi connectivity index (χ0n) is 10.8. The van der Waals surface area contributed by atoms with Crippen LogP contribution < -0.4 is 5.32 Å². The standard InChI is InChI=1S/C16H15ClN2/c1-2-12-3-5-13(6-4-12)11-19-15-8-7-14(10-18)16(17)9-15/h3-9,19H,2,11H2,1H3. The Morgan fingerprint density at radius 1 is 1.11 bits per heavy atom. The number of rotatable bonds is 4. The molecule has 1 N–H and O–H groups in total. The molecule has 3 heteroatoms. The topological polar surface area (TPSA) is 35.8 Å². The molecule has 0 spiro atoms. The van der Waals surface area contributed by atoms with Gasteiger partial charge in [-0.2, -0.15) is 5.26 Å². The van der Waals surface area contributed by atoms with Gasteiger partial charge in [-0.3, -0.25) is 0 Å². The quantitative estimate of drug-likeness (QED) is 0.895. The minimum atomic E-state index is 0.480. The summed E-state index contributed by atoms with van der Waals surface area (Å²) in [4.78, 5) is 0. The van der Waals surface area contributed by atoms with Gasteiger partial charge in [0.25, 0.3) is 0 Å². The summed E-state index contributed by atoms with van der Waals surface area (Å²) in [5, 5.41) is 12.6. The van der Waals surface area contributed by atoms with Gasteiger partial charge in [-0.15, -0.1) is 0 Å². The summed E-state index contributed by atoms with van der Waals surface area (Å²) in [5.74, 6) is 0. The number of hydrogen-bond acceptors (Lipinski definition) is 2. The summed E-state index contributed by atoms with van der Waals surface area (Å²) >= 11 is 5.99. The van der Waals surface area contributed by atoms with Crippen molar-refractivity contribution < 1.29 is 0 Å². The van der Waals surface area contributed by atoms with Crippen molar-refractivity contribution in [2.45, 2.75) is 19.9 Å². The number of nitrogens with zero attached hydrogens (tertiary/aromatic N) is 1. The van der Waals surface area contributed by atoms with E-state index in [4.69, 9.17) is 16.9 Å². The molecule has 2 aromatic carbocycles. The highest BCUT2D eigenvalue weighted by molar-refractivity contribution is 6.32. The van der Waals surface area contributed by atoms with Crippen molar-refractivity contribution in [1.29, 1.82) is 5.26 Å². The van der Waals surface area contributed by atoms with E-state index in [1.807, 2.05) is 12.1 Å². The van der Waals surface area contributed by atoms with Gasteiger partial charge in [0.2, 0.25) is 0 Å². The molecular weight excluding hydrogens is 256 g/mol. The molecule has 2 aromatic rings. The first-order valence-electron chi connectivity index (χ1n) is 6.24. The van der Waals surface area contributed by atoms with Crippen LogP contribution in [0.1, 0.15) is 23.6 Å². The van der Waals surface area contributed by atoms with Crippen molar-refractivity contribution >= 4 is 17.3 Å². The number of halogens is 1. The van der Waals surface area contributed by atoms with Crippen LogP contribution in [0.2, 0.25) is 5.02 Å². The molecule has 0 bridgehead atoms. The average Bonchev–Trinajstić information content (AvgIpc) is 2.46. The summed E-state index contributed by atoms with van der Waals surface area (Å²) in [5.41, 5.74) is 3.98. The highest BCUT2D eigenvalue weighted by Crippen LogP contribution is 2.20. The monoisotopic (exact) mass is 270 g/mol. The second-order valence-electron chi connectivity index (χ2n) is 4.33. The summed E-state index contributed by atoms with van der Waals surface area (Å²) in [6.45, 7) is 2.89. The van der Waals surface area contributed by atoms with Gasteiger partial charge < -0.3 is 5.32 Å². The third-order valence-corrected chi connectivity index (χ3v) is 3.33. The zero-order valence-corrected chi connectivity index (χ0v) is 11.5. The SMILES string of the molecule is CCc1ccc(CNc2ccc(C#N)c(Cl)c2)cc1. The van der Waals surface area contributed by atoms with Crippen LogP contribution >= 0.6 is 11.6 Å². The van der Waals surface area contributed by atoms with E-state index in [1.54, 1.807) is 12.1 Å². The van der Waals surface area contributed by atoms with Gasteiger partial charge in [-0.25, -0.2) is 0 Å². The molecule has 0 radical (unpaired) electrons. The molecule has 0 aliphatic heterocycles. The molecule has 0 saturated carbocycles. The van der Waals surface area contributed by atoms with E-state index in [9.17, 15) is 0 Å². The lowest BCUT2D eigenvalue weighted by atomic mass is 10.1. The Labute approximate surface area is 118 Å². The Bertz CT molecular complexity index is 597. The van der Waals surface area contributed by atoms with Crippen LogP contribution in [0.3, 0.4) is 0 Å². The molecule has 0 atom stereocenters. The lowest BCUT2D eigenvalue weighted by molar-refractivity contribution is 1.11. The molecule has 0 aromatic heterocycles. The van der Waals surface area contributed by atoms with E-state index in [1.165, 1.54) is 11.1 Å². The first-order chi connectivity index (χ1) is 9.22. The van der Waals surface area contributed by atoms with Crippen molar-refractivity contribution in [3.05, 3.63) is 64.2 Å². The molecule has 19 heavy (non-hydrogen) atoms. The second kappa shape index (κ2) is 6.26. The third kappa shape index (κ3) is 3.49.